The highest BCUT2D eigenvalue weighted by molar-refractivity contribution is 7.09. The summed E-state index contributed by atoms with van der Waals surface area (Å²) in [6, 6.07) is 5.82. The molecular weight excluding hydrogens is 258 g/mol. The number of aromatic nitrogens is 1. The van der Waals surface area contributed by atoms with E-state index in [9.17, 15) is 4.79 Å². The topological polar surface area (TPSA) is 39.2 Å². The first-order chi connectivity index (χ1) is 9.22. The molecule has 0 fully saturated rings. The van der Waals surface area contributed by atoms with Crippen LogP contribution < -0.4 is 4.74 Å². The van der Waals surface area contributed by atoms with E-state index in [2.05, 4.69) is 4.98 Å². The Morgan fingerprint density at radius 2 is 2.26 bits per heavy atom. The molecule has 1 heterocycles. The number of benzene rings is 1. The molecule has 0 spiro atoms. The van der Waals surface area contributed by atoms with Crippen LogP contribution in [0, 0.1) is 6.92 Å². The van der Waals surface area contributed by atoms with Gasteiger partial charge < -0.3 is 4.74 Å². The zero-order valence-electron chi connectivity index (χ0n) is 10.8. The molecule has 4 heteroatoms. The van der Waals surface area contributed by atoms with E-state index in [1.165, 1.54) is 0 Å². The largest absolute Gasteiger partial charge is 0.486 e. The van der Waals surface area contributed by atoms with E-state index in [1.54, 1.807) is 11.3 Å². The van der Waals surface area contributed by atoms with Crippen LogP contribution in [0.3, 0.4) is 0 Å². The van der Waals surface area contributed by atoms with E-state index in [4.69, 9.17) is 4.74 Å². The van der Waals surface area contributed by atoms with Gasteiger partial charge in [0.05, 0.1) is 0 Å². The molecule has 0 bridgehead atoms. The smallest absolute Gasteiger partial charge is 0.163 e. The Bertz CT molecular complexity index is 618. The molecule has 0 atom stereocenters. The van der Waals surface area contributed by atoms with Crippen LogP contribution in [0.4, 0.5) is 0 Å². The maximum absolute atomic E-state index is 11.8. The van der Waals surface area contributed by atoms with Crippen LogP contribution in [-0.4, -0.2) is 10.8 Å². The summed E-state index contributed by atoms with van der Waals surface area (Å²) in [5.74, 6) is 0.985. The Hall–Kier alpha value is -1.68. The number of aryl methyl sites for hydroxylation is 2. The molecule has 1 aliphatic rings. The average molecular weight is 273 g/mol. The van der Waals surface area contributed by atoms with Gasteiger partial charge in [-0.2, -0.15) is 0 Å². The third kappa shape index (κ3) is 2.68. The molecule has 0 unspecified atom stereocenters. The summed E-state index contributed by atoms with van der Waals surface area (Å²) in [4.78, 5) is 16.2. The minimum Gasteiger partial charge on any atom is -0.486 e. The average Bonchev–Trinajstić information content (AvgIpc) is 2.83. The lowest BCUT2D eigenvalue weighted by Gasteiger charge is -2.15. The summed E-state index contributed by atoms with van der Waals surface area (Å²) in [6.07, 6.45) is 2.61. The number of carbonyl (C=O) groups is 1. The fourth-order valence-electron chi connectivity index (χ4n) is 2.31. The highest BCUT2D eigenvalue weighted by atomic mass is 32.1. The van der Waals surface area contributed by atoms with Gasteiger partial charge in [-0.05, 0) is 37.5 Å². The molecule has 0 amide bonds. The van der Waals surface area contributed by atoms with Crippen LogP contribution in [0.1, 0.15) is 39.5 Å². The first kappa shape index (κ1) is 12.4. The van der Waals surface area contributed by atoms with Gasteiger partial charge in [-0.25, -0.2) is 4.98 Å². The molecule has 0 radical (unpaired) electrons. The van der Waals surface area contributed by atoms with Crippen molar-refractivity contribution in [2.75, 3.05) is 0 Å². The predicted molar refractivity (Wildman–Crippen MR) is 74.9 cm³/mol. The highest BCUT2D eigenvalue weighted by Gasteiger charge is 2.17. The standard InChI is InChI=1S/C15H15NO2S/c1-10-9-19-15(16-10)8-18-12-6-5-11-3-2-4-14(17)13(11)7-12/h5-7,9H,2-4,8H2,1H3. The molecule has 1 aromatic carbocycles. The van der Waals surface area contributed by atoms with E-state index in [0.29, 0.717) is 13.0 Å². The fraction of sp³-hybridized carbons (Fsp3) is 0.333. The number of thiazole rings is 1. The lowest BCUT2D eigenvalue weighted by molar-refractivity contribution is 0.0972. The summed E-state index contributed by atoms with van der Waals surface area (Å²) in [6.45, 7) is 2.43. The van der Waals surface area contributed by atoms with Gasteiger partial charge in [0.1, 0.15) is 17.4 Å². The number of rotatable bonds is 3. The van der Waals surface area contributed by atoms with Crippen molar-refractivity contribution < 1.29 is 9.53 Å². The van der Waals surface area contributed by atoms with Crippen LogP contribution >= 0.6 is 11.3 Å². The lowest BCUT2D eigenvalue weighted by Crippen LogP contribution is -2.10. The van der Waals surface area contributed by atoms with Crippen molar-refractivity contribution in [3.8, 4) is 5.75 Å². The molecule has 3 nitrogen and oxygen atoms in total. The molecule has 0 saturated heterocycles. The number of fused-ring (bicyclic) bond motifs is 1. The van der Waals surface area contributed by atoms with Crippen molar-refractivity contribution in [1.82, 2.24) is 4.98 Å². The lowest BCUT2D eigenvalue weighted by atomic mass is 9.90. The highest BCUT2D eigenvalue weighted by Crippen LogP contribution is 2.26. The SMILES string of the molecule is Cc1csc(COc2ccc3c(c2)C(=O)CCC3)n1. The van der Waals surface area contributed by atoms with E-state index >= 15 is 0 Å². The fourth-order valence-corrected chi connectivity index (χ4v) is 2.99. The van der Waals surface area contributed by atoms with Gasteiger partial charge in [0.15, 0.2) is 5.78 Å². The third-order valence-electron chi connectivity index (χ3n) is 3.26. The van der Waals surface area contributed by atoms with Crippen LogP contribution in [0.25, 0.3) is 0 Å². The minimum atomic E-state index is 0.233. The summed E-state index contributed by atoms with van der Waals surface area (Å²) >= 11 is 1.60. The summed E-state index contributed by atoms with van der Waals surface area (Å²) < 4.78 is 5.72. The maximum atomic E-state index is 11.8. The Morgan fingerprint density at radius 3 is 3.05 bits per heavy atom. The number of Topliss-reactive ketones (excluding diaryl/α,β-unsaturated/α-hetero) is 1. The van der Waals surface area contributed by atoms with E-state index in [0.717, 1.165) is 40.4 Å². The van der Waals surface area contributed by atoms with Gasteiger partial charge in [-0.1, -0.05) is 6.07 Å². The molecule has 1 aliphatic carbocycles. The van der Waals surface area contributed by atoms with Gasteiger partial charge in [-0.3, -0.25) is 4.79 Å². The number of nitrogens with zero attached hydrogens (tertiary/aromatic N) is 1. The number of carbonyl (C=O) groups excluding carboxylic acids is 1. The zero-order valence-corrected chi connectivity index (χ0v) is 11.6. The second-order valence-corrected chi connectivity index (χ2v) is 5.71. The van der Waals surface area contributed by atoms with Gasteiger partial charge >= 0.3 is 0 Å². The molecule has 0 aliphatic heterocycles. The van der Waals surface area contributed by atoms with Gasteiger partial charge in [0.25, 0.3) is 0 Å². The first-order valence-corrected chi connectivity index (χ1v) is 7.30. The first-order valence-electron chi connectivity index (χ1n) is 6.42. The summed E-state index contributed by atoms with van der Waals surface area (Å²) in [5, 5.41) is 2.97. The van der Waals surface area contributed by atoms with Crippen molar-refractivity contribution >= 4 is 17.1 Å². The minimum absolute atomic E-state index is 0.233. The molecule has 0 N–H and O–H groups in total. The zero-order chi connectivity index (χ0) is 13.2. The molecule has 0 saturated carbocycles. The Labute approximate surface area is 116 Å². The Balaban J connectivity index is 1.75. The van der Waals surface area contributed by atoms with Crippen LogP contribution in [0.15, 0.2) is 23.6 Å². The molecular formula is C15H15NO2S. The van der Waals surface area contributed by atoms with Crippen molar-refractivity contribution in [3.63, 3.8) is 0 Å². The second kappa shape index (κ2) is 5.13. The van der Waals surface area contributed by atoms with Gasteiger partial charge in [-0.15, -0.1) is 11.3 Å². The van der Waals surface area contributed by atoms with Crippen molar-refractivity contribution in [2.24, 2.45) is 0 Å². The van der Waals surface area contributed by atoms with Gasteiger partial charge in [0.2, 0.25) is 0 Å². The van der Waals surface area contributed by atoms with Crippen molar-refractivity contribution in [1.29, 1.82) is 0 Å². The molecule has 1 aromatic heterocycles. The predicted octanol–water partition coefficient (Wildman–Crippen LogP) is 3.55. The number of ketones is 1. The number of ether oxygens (including phenoxy) is 1. The summed E-state index contributed by atoms with van der Waals surface area (Å²) in [5.41, 5.74) is 3.00. The van der Waals surface area contributed by atoms with Crippen molar-refractivity contribution in [3.05, 3.63) is 45.4 Å². The molecule has 3 rings (SSSR count). The van der Waals surface area contributed by atoms with Gasteiger partial charge in [0, 0.05) is 23.1 Å². The summed E-state index contributed by atoms with van der Waals surface area (Å²) in [7, 11) is 0. The second-order valence-electron chi connectivity index (χ2n) is 4.77. The Morgan fingerprint density at radius 1 is 1.37 bits per heavy atom. The van der Waals surface area contributed by atoms with E-state index in [1.807, 2.05) is 30.5 Å². The number of hydrogen-bond acceptors (Lipinski definition) is 4. The monoisotopic (exact) mass is 273 g/mol. The molecule has 19 heavy (non-hydrogen) atoms. The van der Waals surface area contributed by atoms with Crippen LogP contribution in [0.2, 0.25) is 0 Å². The molecule has 98 valence electrons. The normalized spacial score (nSPS) is 14.3. The quantitative estimate of drug-likeness (QED) is 0.858. The van der Waals surface area contributed by atoms with Crippen LogP contribution in [0.5, 0.6) is 5.75 Å². The molecule has 2 aromatic rings. The third-order valence-corrected chi connectivity index (χ3v) is 4.20. The van der Waals surface area contributed by atoms with Crippen molar-refractivity contribution in [2.45, 2.75) is 32.8 Å². The Kier molecular flexibility index (Phi) is 3.34. The maximum Gasteiger partial charge on any atom is 0.163 e. The van der Waals surface area contributed by atoms with Crippen LogP contribution in [-0.2, 0) is 13.0 Å². The number of hydrogen-bond donors (Lipinski definition) is 0. The van der Waals surface area contributed by atoms with E-state index < -0.39 is 0 Å². The van der Waals surface area contributed by atoms with E-state index in [-0.39, 0.29) is 5.78 Å².